The van der Waals surface area contributed by atoms with Crippen LogP contribution < -0.4 is 10.1 Å². The van der Waals surface area contributed by atoms with E-state index in [4.69, 9.17) is 4.74 Å². The largest absolute Gasteiger partial charge is 0.494 e. The number of carbonyl (C=O) groups is 1. The van der Waals surface area contributed by atoms with Crippen molar-refractivity contribution in [2.75, 3.05) is 11.9 Å². The molecule has 1 rings (SSSR count). The van der Waals surface area contributed by atoms with Gasteiger partial charge in [-0.3, -0.25) is 4.79 Å². The van der Waals surface area contributed by atoms with Crippen LogP contribution in [0.25, 0.3) is 0 Å². The zero-order chi connectivity index (χ0) is 11.8. The lowest BCUT2D eigenvalue weighted by Crippen LogP contribution is -2.18. The van der Waals surface area contributed by atoms with Gasteiger partial charge in [0.25, 0.3) is 0 Å². The third-order valence-corrected chi connectivity index (χ3v) is 2.57. The summed E-state index contributed by atoms with van der Waals surface area (Å²) >= 11 is 3.35. The molecule has 0 fully saturated rings. The number of carbonyl (C=O) groups excluding carboxylic acids is 1. The fourth-order valence-electron chi connectivity index (χ4n) is 1.17. The molecule has 1 amide bonds. The Morgan fingerprint density at radius 3 is 2.62 bits per heavy atom. The molecule has 0 heterocycles. The van der Waals surface area contributed by atoms with E-state index in [0.717, 1.165) is 29.7 Å². The number of halogens is 1. The molecule has 1 aromatic rings. The highest BCUT2D eigenvalue weighted by molar-refractivity contribution is 9.09. The summed E-state index contributed by atoms with van der Waals surface area (Å²) in [6.07, 6.45) is 0.994. The maximum absolute atomic E-state index is 10.7. The van der Waals surface area contributed by atoms with Gasteiger partial charge in [-0.1, -0.05) is 28.1 Å². The minimum Gasteiger partial charge on any atom is -0.494 e. The quantitative estimate of drug-likeness (QED) is 0.644. The molecular formula is C12H16BrNO2. The Labute approximate surface area is 104 Å². The van der Waals surface area contributed by atoms with Crippen LogP contribution in [0.1, 0.15) is 18.9 Å². The number of rotatable bonds is 6. The van der Waals surface area contributed by atoms with E-state index in [-0.39, 0.29) is 5.91 Å². The number of amides is 1. The molecule has 0 spiro atoms. The van der Waals surface area contributed by atoms with Crippen LogP contribution in [0.15, 0.2) is 24.3 Å². The first-order valence-electron chi connectivity index (χ1n) is 5.24. The van der Waals surface area contributed by atoms with Crippen molar-refractivity contribution in [1.82, 2.24) is 5.32 Å². The predicted molar refractivity (Wildman–Crippen MR) is 67.9 cm³/mol. The molecule has 3 nitrogen and oxygen atoms in total. The van der Waals surface area contributed by atoms with Gasteiger partial charge in [0.1, 0.15) is 5.75 Å². The van der Waals surface area contributed by atoms with Crippen LogP contribution >= 0.6 is 15.9 Å². The van der Waals surface area contributed by atoms with Gasteiger partial charge in [0.05, 0.1) is 6.61 Å². The van der Waals surface area contributed by atoms with Crippen molar-refractivity contribution in [2.24, 2.45) is 0 Å². The minimum atomic E-state index is -0.0161. The first kappa shape index (κ1) is 13.0. The highest BCUT2D eigenvalue weighted by atomic mass is 79.9. The second kappa shape index (κ2) is 7.28. The standard InChI is InChI=1S/C12H16BrNO2/c1-10(15)14-9-11-3-5-12(6-4-11)16-8-2-7-13/h3-6H,2,7-9H2,1H3,(H,14,15). The van der Waals surface area contributed by atoms with Gasteiger partial charge in [-0.15, -0.1) is 0 Å². The van der Waals surface area contributed by atoms with Crippen molar-refractivity contribution in [2.45, 2.75) is 19.9 Å². The number of hydrogen-bond acceptors (Lipinski definition) is 2. The van der Waals surface area contributed by atoms with Crippen LogP contribution in [0.4, 0.5) is 0 Å². The Kier molecular flexibility index (Phi) is 5.93. The summed E-state index contributed by atoms with van der Waals surface area (Å²) in [5.74, 6) is 0.852. The van der Waals surface area contributed by atoms with E-state index in [0.29, 0.717) is 6.54 Å². The summed E-state index contributed by atoms with van der Waals surface area (Å²) in [4.78, 5) is 10.7. The van der Waals surface area contributed by atoms with Gasteiger partial charge in [-0.25, -0.2) is 0 Å². The molecule has 16 heavy (non-hydrogen) atoms. The predicted octanol–water partition coefficient (Wildman–Crippen LogP) is 2.49. The molecule has 0 aliphatic rings. The third-order valence-electron chi connectivity index (χ3n) is 2.01. The fourth-order valence-corrected chi connectivity index (χ4v) is 1.40. The van der Waals surface area contributed by atoms with Crippen LogP contribution in [-0.2, 0) is 11.3 Å². The molecule has 0 radical (unpaired) electrons. The molecule has 0 aliphatic carbocycles. The lowest BCUT2D eigenvalue weighted by Gasteiger charge is -2.06. The molecule has 88 valence electrons. The van der Waals surface area contributed by atoms with Gasteiger partial charge in [0, 0.05) is 18.8 Å². The van der Waals surface area contributed by atoms with Crippen LogP contribution in [0.2, 0.25) is 0 Å². The van der Waals surface area contributed by atoms with Crippen LogP contribution in [0, 0.1) is 0 Å². The van der Waals surface area contributed by atoms with E-state index >= 15 is 0 Å². The highest BCUT2D eigenvalue weighted by Crippen LogP contribution is 2.12. The molecular weight excluding hydrogens is 270 g/mol. The van der Waals surface area contributed by atoms with Crippen molar-refractivity contribution < 1.29 is 9.53 Å². The average Bonchev–Trinajstić information content (AvgIpc) is 2.28. The number of benzene rings is 1. The van der Waals surface area contributed by atoms with E-state index in [1.807, 2.05) is 24.3 Å². The summed E-state index contributed by atoms with van der Waals surface area (Å²) < 4.78 is 5.51. The lowest BCUT2D eigenvalue weighted by atomic mass is 10.2. The maximum Gasteiger partial charge on any atom is 0.217 e. The average molecular weight is 286 g/mol. The lowest BCUT2D eigenvalue weighted by molar-refractivity contribution is -0.119. The highest BCUT2D eigenvalue weighted by Gasteiger charge is 1.96. The van der Waals surface area contributed by atoms with Crippen LogP contribution in [0.3, 0.4) is 0 Å². The van der Waals surface area contributed by atoms with E-state index in [1.54, 1.807) is 0 Å². The molecule has 0 atom stereocenters. The van der Waals surface area contributed by atoms with Gasteiger partial charge < -0.3 is 10.1 Å². The van der Waals surface area contributed by atoms with E-state index in [1.165, 1.54) is 6.92 Å². The number of ether oxygens (including phenoxy) is 1. The Hall–Kier alpha value is -1.03. The van der Waals surface area contributed by atoms with Crippen molar-refractivity contribution in [1.29, 1.82) is 0 Å². The molecule has 0 bridgehead atoms. The summed E-state index contributed by atoms with van der Waals surface area (Å²) in [5.41, 5.74) is 1.07. The normalized spacial score (nSPS) is 9.88. The van der Waals surface area contributed by atoms with Gasteiger partial charge in [0.15, 0.2) is 0 Å². The summed E-state index contributed by atoms with van der Waals surface area (Å²) in [6.45, 7) is 2.80. The second-order valence-corrected chi connectivity index (χ2v) is 4.24. The zero-order valence-electron chi connectivity index (χ0n) is 9.33. The van der Waals surface area contributed by atoms with E-state index in [2.05, 4.69) is 21.2 Å². The maximum atomic E-state index is 10.7. The molecule has 0 unspecified atom stereocenters. The minimum absolute atomic E-state index is 0.0161. The summed E-state index contributed by atoms with van der Waals surface area (Å²) in [7, 11) is 0. The third kappa shape index (κ3) is 5.16. The molecule has 0 aromatic heterocycles. The fraction of sp³-hybridized carbons (Fsp3) is 0.417. The Bertz CT molecular complexity index is 324. The molecule has 0 aliphatic heterocycles. The first-order chi connectivity index (χ1) is 7.72. The van der Waals surface area contributed by atoms with Crippen molar-refractivity contribution in [3.63, 3.8) is 0 Å². The molecule has 4 heteroatoms. The summed E-state index contributed by atoms with van der Waals surface area (Å²) in [5, 5.41) is 3.70. The van der Waals surface area contributed by atoms with Crippen LogP contribution in [-0.4, -0.2) is 17.8 Å². The summed E-state index contributed by atoms with van der Waals surface area (Å²) in [6, 6.07) is 7.76. The van der Waals surface area contributed by atoms with E-state index < -0.39 is 0 Å². The molecule has 0 saturated heterocycles. The van der Waals surface area contributed by atoms with Gasteiger partial charge in [-0.05, 0) is 24.1 Å². The number of alkyl halides is 1. The molecule has 1 aromatic carbocycles. The Balaban J connectivity index is 2.38. The van der Waals surface area contributed by atoms with Gasteiger partial charge >= 0.3 is 0 Å². The topological polar surface area (TPSA) is 38.3 Å². The Morgan fingerprint density at radius 1 is 1.38 bits per heavy atom. The van der Waals surface area contributed by atoms with Crippen molar-refractivity contribution in [3.8, 4) is 5.75 Å². The monoisotopic (exact) mass is 285 g/mol. The molecule has 1 N–H and O–H groups in total. The number of nitrogens with one attached hydrogen (secondary N) is 1. The SMILES string of the molecule is CC(=O)NCc1ccc(OCCCBr)cc1. The zero-order valence-corrected chi connectivity index (χ0v) is 10.9. The van der Waals surface area contributed by atoms with Crippen molar-refractivity contribution in [3.05, 3.63) is 29.8 Å². The first-order valence-corrected chi connectivity index (χ1v) is 6.36. The van der Waals surface area contributed by atoms with Gasteiger partial charge in [-0.2, -0.15) is 0 Å². The van der Waals surface area contributed by atoms with E-state index in [9.17, 15) is 4.79 Å². The molecule has 0 saturated carbocycles. The number of hydrogen-bond donors (Lipinski definition) is 1. The van der Waals surface area contributed by atoms with Gasteiger partial charge in [0.2, 0.25) is 5.91 Å². The second-order valence-electron chi connectivity index (χ2n) is 3.44. The smallest absolute Gasteiger partial charge is 0.217 e. The Morgan fingerprint density at radius 2 is 2.06 bits per heavy atom. The van der Waals surface area contributed by atoms with Crippen LogP contribution in [0.5, 0.6) is 5.75 Å². The van der Waals surface area contributed by atoms with Crippen molar-refractivity contribution >= 4 is 21.8 Å².